The third-order valence-electron chi connectivity index (χ3n) is 3.00. The Bertz CT molecular complexity index is 387. The SMILES string of the molecule is Cc1cc(N2CC(C)OC(C)C2)c(CCl)cn1. The van der Waals surface area contributed by atoms with Crippen molar-refractivity contribution in [1.29, 1.82) is 0 Å². The summed E-state index contributed by atoms with van der Waals surface area (Å²) in [5.74, 6) is 0.503. The second kappa shape index (κ2) is 5.23. The number of pyridine rings is 1. The zero-order valence-electron chi connectivity index (χ0n) is 10.6. The molecule has 1 aliphatic rings. The minimum atomic E-state index is 0.260. The predicted molar refractivity (Wildman–Crippen MR) is 70.8 cm³/mol. The number of rotatable bonds is 2. The van der Waals surface area contributed by atoms with Gasteiger partial charge in [-0.3, -0.25) is 4.98 Å². The van der Waals surface area contributed by atoms with Crippen molar-refractivity contribution in [2.45, 2.75) is 38.9 Å². The number of anilines is 1. The lowest BCUT2D eigenvalue weighted by Crippen LogP contribution is -2.45. The summed E-state index contributed by atoms with van der Waals surface area (Å²) in [5, 5.41) is 0. The third kappa shape index (κ3) is 2.90. The fraction of sp³-hybridized carbons (Fsp3) is 0.615. The van der Waals surface area contributed by atoms with Crippen LogP contribution in [-0.4, -0.2) is 30.3 Å². The highest BCUT2D eigenvalue weighted by molar-refractivity contribution is 6.17. The number of nitrogens with zero attached hydrogens (tertiary/aromatic N) is 2. The van der Waals surface area contributed by atoms with Crippen LogP contribution in [0.3, 0.4) is 0 Å². The molecule has 1 fully saturated rings. The summed E-state index contributed by atoms with van der Waals surface area (Å²) in [4.78, 5) is 6.65. The van der Waals surface area contributed by atoms with Crippen LogP contribution in [0.2, 0.25) is 0 Å². The van der Waals surface area contributed by atoms with E-state index in [0.29, 0.717) is 5.88 Å². The summed E-state index contributed by atoms with van der Waals surface area (Å²) < 4.78 is 5.75. The number of hydrogen-bond donors (Lipinski definition) is 0. The van der Waals surface area contributed by atoms with Crippen molar-refractivity contribution in [2.24, 2.45) is 0 Å². The molecule has 0 saturated carbocycles. The summed E-state index contributed by atoms with van der Waals surface area (Å²) in [6, 6.07) is 2.11. The van der Waals surface area contributed by atoms with Crippen molar-refractivity contribution in [3.05, 3.63) is 23.5 Å². The number of aromatic nitrogens is 1. The molecule has 1 aliphatic heterocycles. The number of hydrogen-bond acceptors (Lipinski definition) is 3. The van der Waals surface area contributed by atoms with Crippen molar-refractivity contribution in [2.75, 3.05) is 18.0 Å². The minimum Gasteiger partial charge on any atom is -0.372 e. The maximum Gasteiger partial charge on any atom is 0.0726 e. The Morgan fingerprint density at radius 3 is 2.65 bits per heavy atom. The van der Waals surface area contributed by atoms with Crippen LogP contribution in [0.25, 0.3) is 0 Å². The molecule has 0 aromatic carbocycles. The first-order valence-corrected chi connectivity index (χ1v) is 6.55. The van der Waals surface area contributed by atoms with Gasteiger partial charge in [0, 0.05) is 36.2 Å². The zero-order chi connectivity index (χ0) is 12.4. The monoisotopic (exact) mass is 254 g/mol. The van der Waals surface area contributed by atoms with Gasteiger partial charge in [0.05, 0.1) is 18.1 Å². The smallest absolute Gasteiger partial charge is 0.0726 e. The second-order valence-electron chi connectivity index (χ2n) is 4.75. The number of morpholine rings is 1. The zero-order valence-corrected chi connectivity index (χ0v) is 11.4. The fourth-order valence-corrected chi connectivity index (χ4v) is 2.55. The molecule has 2 heterocycles. The van der Waals surface area contributed by atoms with Gasteiger partial charge in [-0.05, 0) is 26.8 Å². The average Bonchev–Trinajstić information content (AvgIpc) is 2.27. The van der Waals surface area contributed by atoms with Crippen LogP contribution >= 0.6 is 11.6 Å². The highest BCUT2D eigenvalue weighted by atomic mass is 35.5. The van der Waals surface area contributed by atoms with Gasteiger partial charge < -0.3 is 9.64 Å². The van der Waals surface area contributed by atoms with Crippen LogP contribution in [0.5, 0.6) is 0 Å². The molecule has 0 N–H and O–H groups in total. The molecule has 94 valence electrons. The van der Waals surface area contributed by atoms with Gasteiger partial charge in [0.1, 0.15) is 0 Å². The van der Waals surface area contributed by atoms with E-state index in [2.05, 4.69) is 29.8 Å². The van der Waals surface area contributed by atoms with Crippen LogP contribution < -0.4 is 4.90 Å². The Labute approximate surface area is 108 Å². The molecule has 0 radical (unpaired) electrons. The van der Waals surface area contributed by atoms with Crippen molar-refractivity contribution in [3.63, 3.8) is 0 Å². The van der Waals surface area contributed by atoms with Crippen molar-refractivity contribution >= 4 is 17.3 Å². The Hall–Kier alpha value is -0.800. The van der Waals surface area contributed by atoms with Gasteiger partial charge in [0.15, 0.2) is 0 Å². The molecule has 1 aromatic heterocycles. The lowest BCUT2D eigenvalue weighted by molar-refractivity contribution is -0.00525. The molecule has 0 bridgehead atoms. The first-order valence-electron chi connectivity index (χ1n) is 6.02. The van der Waals surface area contributed by atoms with E-state index in [4.69, 9.17) is 16.3 Å². The molecule has 2 rings (SSSR count). The molecule has 17 heavy (non-hydrogen) atoms. The van der Waals surface area contributed by atoms with Gasteiger partial charge in [-0.25, -0.2) is 0 Å². The van der Waals surface area contributed by atoms with E-state index in [1.807, 2.05) is 13.1 Å². The quantitative estimate of drug-likeness (QED) is 0.759. The second-order valence-corrected chi connectivity index (χ2v) is 5.02. The van der Waals surface area contributed by atoms with E-state index >= 15 is 0 Å². The average molecular weight is 255 g/mol. The number of aryl methyl sites for hydroxylation is 1. The van der Waals surface area contributed by atoms with Gasteiger partial charge in [0.25, 0.3) is 0 Å². The van der Waals surface area contributed by atoms with E-state index in [9.17, 15) is 0 Å². The van der Waals surface area contributed by atoms with Crippen molar-refractivity contribution in [3.8, 4) is 0 Å². The van der Waals surface area contributed by atoms with E-state index in [1.165, 1.54) is 5.69 Å². The molecule has 4 heteroatoms. The molecular formula is C13H19ClN2O. The number of alkyl halides is 1. The Morgan fingerprint density at radius 2 is 2.06 bits per heavy atom. The fourth-order valence-electron chi connectivity index (χ4n) is 2.35. The van der Waals surface area contributed by atoms with Gasteiger partial charge >= 0.3 is 0 Å². The molecule has 1 saturated heterocycles. The van der Waals surface area contributed by atoms with E-state index in [0.717, 1.165) is 24.3 Å². The van der Waals surface area contributed by atoms with Crippen LogP contribution in [-0.2, 0) is 10.6 Å². The van der Waals surface area contributed by atoms with Crippen LogP contribution in [0, 0.1) is 6.92 Å². The number of ether oxygens (including phenoxy) is 1. The van der Waals surface area contributed by atoms with Crippen molar-refractivity contribution in [1.82, 2.24) is 4.98 Å². The third-order valence-corrected chi connectivity index (χ3v) is 3.29. The predicted octanol–water partition coefficient (Wildman–Crippen LogP) is 2.74. The van der Waals surface area contributed by atoms with E-state index in [1.54, 1.807) is 0 Å². The molecule has 1 aromatic rings. The van der Waals surface area contributed by atoms with Crippen LogP contribution in [0.1, 0.15) is 25.1 Å². The molecule has 3 nitrogen and oxygen atoms in total. The first kappa shape index (κ1) is 12.7. The summed E-state index contributed by atoms with van der Waals surface area (Å²) in [6.07, 6.45) is 2.40. The summed E-state index contributed by atoms with van der Waals surface area (Å²) in [6.45, 7) is 8.05. The summed E-state index contributed by atoms with van der Waals surface area (Å²) >= 11 is 5.98. The van der Waals surface area contributed by atoms with Crippen LogP contribution in [0.4, 0.5) is 5.69 Å². The first-order chi connectivity index (χ1) is 8.10. The van der Waals surface area contributed by atoms with Gasteiger partial charge in [-0.2, -0.15) is 0 Å². The summed E-state index contributed by atoms with van der Waals surface area (Å²) in [7, 11) is 0. The number of halogens is 1. The van der Waals surface area contributed by atoms with Gasteiger partial charge in [0.2, 0.25) is 0 Å². The van der Waals surface area contributed by atoms with Gasteiger partial charge in [-0.15, -0.1) is 11.6 Å². The molecular weight excluding hydrogens is 236 g/mol. The summed E-state index contributed by atoms with van der Waals surface area (Å²) in [5.41, 5.74) is 3.33. The standard InChI is InChI=1S/C13H19ClN2O/c1-9-4-13(12(5-14)6-15-9)16-7-10(2)17-11(3)8-16/h4,6,10-11H,5,7-8H2,1-3H3. The van der Waals surface area contributed by atoms with Crippen molar-refractivity contribution < 1.29 is 4.74 Å². The Kier molecular flexibility index (Phi) is 3.89. The lowest BCUT2D eigenvalue weighted by Gasteiger charge is -2.37. The molecule has 2 unspecified atom stereocenters. The van der Waals surface area contributed by atoms with E-state index in [-0.39, 0.29) is 12.2 Å². The molecule has 0 spiro atoms. The largest absolute Gasteiger partial charge is 0.372 e. The maximum atomic E-state index is 5.98. The molecule has 0 aliphatic carbocycles. The van der Waals surface area contributed by atoms with Crippen LogP contribution in [0.15, 0.2) is 12.3 Å². The topological polar surface area (TPSA) is 25.4 Å². The minimum absolute atomic E-state index is 0.260. The Balaban J connectivity index is 2.28. The lowest BCUT2D eigenvalue weighted by atomic mass is 10.1. The Morgan fingerprint density at radius 1 is 1.41 bits per heavy atom. The molecule has 2 atom stereocenters. The van der Waals surface area contributed by atoms with E-state index < -0.39 is 0 Å². The maximum absolute atomic E-state index is 5.98. The normalized spacial score (nSPS) is 25.1. The van der Waals surface area contributed by atoms with Gasteiger partial charge in [-0.1, -0.05) is 0 Å². The molecule has 0 amide bonds. The highest BCUT2D eigenvalue weighted by Crippen LogP contribution is 2.25. The highest BCUT2D eigenvalue weighted by Gasteiger charge is 2.23.